The Labute approximate surface area is 139 Å². The van der Waals surface area contributed by atoms with Crippen LogP contribution in [-0.2, 0) is 0 Å². The molecule has 112 valence electrons. The van der Waals surface area contributed by atoms with E-state index in [0.29, 0.717) is 4.75 Å². The highest BCUT2D eigenvalue weighted by Crippen LogP contribution is 2.36. The Bertz CT molecular complexity index is 286. The third-order valence-corrected chi connectivity index (χ3v) is 5.47. The lowest BCUT2D eigenvalue weighted by Gasteiger charge is -2.24. The summed E-state index contributed by atoms with van der Waals surface area (Å²) in [5, 5.41) is 6.90. The van der Waals surface area contributed by atoms with Crippen LogP contribution in [-0.4, -0.2) is 36.6 Å². The summed E-state index contributed by atoms with van der Waals surface area (Å²) < 4.78 is 0.408. The first-order chi connectivity index (χ1) is 8.72. The molecule has 0 spiro atoms. The minimum Gasteiger partial charge on any atom is -0.356 e. The number of hydrogen-bond donors (Lipinski definition) is 2. The lowest BCUT2D eigenvalue weighted by atomic mass is 10.1. The molecule has 0 aromatic rings. The molecule has 1 atom stereocenters. The molecule has 0 bridgehead atoms. The van der Waals surface area contributed by atoms with Gasteiger partial charge in [-0.15, -0.1) is 24.0 Å². The van der Waals surface area contributed by atoms with Gasteiger partial charge in [0.05, 0.1) is 0 Å². The largest absolute Gasteiger partial charge is 0.356 e. The van der Waals surface area contributed by atoms with Gasteiger partial charge in [0.1, 0.15) is 0 Å². The van der Waals surface area contributed by atoms with Gasteiger partial charge in [-0.2, -0.15) is 11.8 Å². The number of halogens is 1. The number of guanidine groups is 1. The second-order valence-corrected chi connectivity index (χ2v) is 7.52. The van der Waals surface area contributed by atoms with Crippen molar-refractivity contribution in [3.05, 3.63) is 0 Å². The second kappa shape index (κ2) is 8.60. The van der Waals surface area contributed by atoms with Crippen molar-refractivity contribution in [2.45, 2.75) is 50.2 Å². The van der Waals surface area contributed by atoms with Crippen molar-refractivity contribution >= 4 is 41.7 Å². The van der Waals surface area contributed by atoms with E-state index in [4.69, 9.17) is 0 Å². The summed E-state index contributed by atoms with van der Waals surface area (Å²) in [6.07, 6.45) is 8.26. The van der Waals surface area contributed by atoms with E-state index >= 15 is 0 Å². The maximum atomic E-state index is 4.30. The fourth-order valence-electron chi connectivity index (χ4n) is 2.47. The van der Waals surface area contributed by atoms with E-state index in [9.17, 15) is 0 Å². The molecule has 2 rings (SSSR count). The fourth-order valence-corrected chi connectivity index (χ4v) is 3.72. The first-order valence-corrected chi connectivity index (χ1v) is 8.29. The summed E-state index contributed by atoms with van der Waals surface area (Å²) in [4.78, 5) is 4.30. The maximum absolute atomic E-state index is 4.30. The molecule has 0 radical (unpaired) electrons. The average Bonchev–Trinajstić information content (AvgIpc) is 3.10. The smallest absolute Gasteiger partial charge is 0.191 e. The van der Waals surface area contributed by atoms with Crippen LogP contribution in [0.3, 0.4) is 0 Å². The summed E-state index contributed by atoms with van der Waals surface area (Å²) in [7, 11) is 1.86. The van der Waals surface area contributed by atoms with Gasteiger partial charge in [-0.05, 0) is 44.3 Å². The highest BCUT2D eigenvalue weighted by molar-refractivity contribution is 14.0. The summed E-state index contributed by atoms with van der Waals surface area (Å²) in [6, 6.07) is 0. The van der Waals surface area contributed by atoms with Crippen LogP contribution in [0.5, 0.6) is 0 Å². The molecule has 2 N–H and O–H groups in total. The molecule has 5 heteroatoms. The van der Waals surface area contributed by atoms with Crippen molar-refractivity contribution in [1.29, 1.82) is 0 Å². The van der Waals surface area contributed by atoms with Gasteiger partial charge in [-0.1, -0.05) is 12.8 Å². The monoisotopic (exact) mass is 397 g/mol. The SMILES string of the molecule is CN=C(NCCCC1CC1)NCC1(C)CCCS1.I. The standard InChI is InChI=1S/C14H27N3S.HI/c1-14(8-4-10-18-14)11-17-13(15-2)16-9-3-5-12-6-7-12;/h12H,3-11H2,1-2H3,(H2,15,16,17);1H. The molecule has 2 fully saturated rings. The number of thioether (sulfide) groups is 1. The topological polar surface area (TPSA) is 36.4 Å². The van der Waals surface area contributed by atoms with Crippen molar-refractivity contribution in [2.24, 2.45) is 10.9 Å². The lowest BCUT2D eigenvalue weighted by Crippen LogP contribution is -2.43. The van der Waals surface area contributed by atoms with Gasteiger partial charge in [-0.3, -0.25) is 4.99 Å². The van der Waals surface area contributed by atoms with E-state index in [1.807, 2.05) is 7.05 Å². The molecular weight excluding hydrogens is 369 g/mol. The van der Waals surface area contributed by atoms with E-state index in [-0.39, 0.29) is 24.0 Å². The predicted molar refractivity (Wildman–Crippen MR) is 96.8 cm³/mol. The molecule has 0 amide bonds. The van der Waals surface area contributed by atoms with Crippen LogP contribution in [0.2, 0.25) is 0 Å². The Morgan fingerprint density at radius 3 is 2.74 bits per heavy atom. The van der Waals surface area contributed by atoms with Crippen LogP contribution in [0.1, 0.15) is 45.4 Å². The zero-order valence-electron chi connectivity index (χ0n) is 12.2. The third-order valence-electron chi connectivity index (χ3n) is 3.93. The summed E-state index contributed by atoms with van der Waals surface area (Å²) in [5.74, 6) is 3.32. The van der Waals surface area contributed by atoms with Crippen LogP contribution in [0.15, 0.2) is 4.99 Å². The van der Waals surface area contributed by atoms with Crippen molar-refractivity contribution < 1.29 is 0 Å². The molecule has 1 aliphatic heterocycles. The van der Waals surface area contributed by atoms with Gasteiger partial charge in [0.15, 0.2) is 5.96 Å². The Kier molecular flexibility index (Phi) is 7.87. The highest BCUT2D eigenvalue weighted by atomic mass is 127. The number of hydrogen-bond acceptors (Lipinski definition) is 2. The van der Waals surface area contributed by atoms with Gasteiger partial charge < -0.3 is 10.6 Å². The van der Waals surface area contributed by atoms with Gasteiger partial charge in [0.25, 0.3) is 0 Å². The third kappa shape index (κ3) is 6.56. The molecular formula is C14H28IN3S. The summed E-state index contributed by atoms with van der Waals surface area (Å²) in [6.45, 7) is 4.44. The molecule has 1 saturated carbocycles. The molecule has 19 heavy (non-hydrogen) atoms. The van der Waals surface area contributed by atoms with Crippen LogP contribution in [0, 0.1) is 5.92 Å². The maximum Gasteiger partial charge on any atom is 0.191 e. The van der Waals surface area contributed by atoms with E-state index in [1.54, 1.807) is 0 Å². The van der Waals surface area contributed by atoms with Gasteiger partial charge in [-0.25, -0.2) is 0 Å². The molecule has 1 heterocycles. The van der Waals surface area contributed by atoms with Gasteiger partial charge in [0, 0.05) is 24.9 Å². The van der Waals surface area contributed by atoms with E-state index < -0.39 is 0 Å². The van der Waals surface area contributed by atoms with Crippen LogP contribution in [0.4, 0.5) is 0 Å². The molecule has 0 aromatic carbocycles. The average molecular weight is 397 g/mol. The normalized spacial score (nSPS) is 26.9. The highest BCUT2D eigenvalue weighted by Gasteiger charge is 2.29. The molecule has 1 aliphatic carbocycles. The van der Waals surface area contributed by atoms with Crippen molar-refractivity contribution in [1.82, 2.24) is 10.6 Å². The van der Waals surface area contributed by atoms with Crippen molar-refractivity contribution in [3.8, 4) is 0 Å². The lowest BCUT2D eigenvalue weighted by molar-refractivity contribution is 0.581. The number of rotatable bonds is 6. The Morgan fingerprint density at radius 1 is 1.37 bits per heavy atom. The Morgan fingerprint density at radius 2 is 2.16 bits per heavy atom. The van der Waals surface area contributed by atoms with Crippen LogP contribution in [0.25, 0.3) is 0 Å². The Hall–Kier alpha value is 0.350. The zero-order valence-corrected chi connectivity index (χ0v) is 15.4. The quantitative estimate of drug-likeness (QED) is 0.313. The van der Waals surface area contributed by atoms with Gasteiger partial charge in [0.2, 0.25) is 0 Å². The predicted octanol–water partition coefficient (Wildman–Crippen LogP) is 3.25. The molecule has 1 unspecified atom stereocenters. The first kappa shape index (κ1) is 17.4. The molecule has 1 saturated heterocycles. The minimum absolute atomic E-state index is 0. The minimum atomic E-state index is 0. The molecule has 3 nitrogen and oxygen atoms in total. The van der Waals surface area contributed by atoms with Crippen LogP contribution >= 0.6 is 35.7 Å². The summed E-state index contributed by atoms with van der Waals surface area (Å²) in [5.41, 5.74) is 0. The molecule has 0 aromatic heterocycles. The summed E-state index contributed by atoms with van der Waals surface area (Å²) >= 11 is 2.09. The number of nitrogens with zero attached hydrogens (tertiary/aromatic N) is 1. The van der Waals surface area contributed by atoms with Crippen LogP contribution < -0.4 is 10.6 Å². The van der Waals surface area contributed by atoms with Crippen molar-refractivity contribution in [3.63, 3.8) is 0 Å². The second-order valence-electron chi connectivity index (χ2n) is 5.84. The number of aliphatic imine (C=N–C) groups is 1. The number of nitrogens with one attached hydrogen (secondary N) is 2. The first-order valence-electron chi connectivity index (χ1n) is 7.30. The van der Waals surface area contributed by atoms with Crippen molar-refractivity contribution in [2.75, 3.05) is 25.9 Å². The van der Waals surface area contributed by atoms with E-state index in [0.717, 1.165) is 25.0 Å². The van der Waals surface area contributed by atoms with E-state index in [1.165, 1.54) is 44.3 Å². The van der Waals surface area contributed by atoms with E-state index in [2.05, 4.69) is 34.3 Å². The Balaban J connectivity index is 0.00000180. The molecule has 2 aliphatic rings. The fraction of sp³-hybridized carbons (Fsp3) is 0.929. The zero-order chi connectivity index (χ0) is 12.8. The van der Waals surface area contributed by atoms with Gasteiger partial charge >= 0.3 is 0 Å².